The molecule has 1 aliphatic heterocycles. The fraction of sp³-hybridized carbons (Fsp3) is 0.462. The van der Waals surface area contributed by atoms with Crippen LogP contribution < -0.4 is 0 Å². The van der Waals surface area contributed by atoms with Crippen LogP contribution >= 0.6 is 11.6 Å². The molecule has 1 unspecified atom stereocenters. The average Bonchev–Trinajstić information content (AvgIpc) is 2.35. The Morgan fingerprint density at radius 1 is 1.43 bits per heavy atom. The van der Waals surface area contributed by atoms with Gasteiger partial charge in [0.25, 0.3) is 0 Å². The monoisotopic (exact) mass is 333 g/mol. The number of rotatable bonds is 4. The summed E-state index contributed by atoms with van der Waals surface area (Å²) in [6.45, 7) is 0.448. The maximum atomic E-state index is 11.7. The van der Waals surface area contributed by atoms with Gasteiger partial charge in [-0.15, -0.1) is 0 Å². The predicted octanol–water partition coefficient (Wildman–Crippen LogP) is 1.12. The number of carboxylic acids is 1. The third-order valence-corrected chi connectivity index (χ3v) is 5.57. The van der Waals surface area contributed by atoms with Crippen LogP contribution in [0.1, 0.15) is 12.0 Å². The second kappa shape index (κ2) is 6.21. The molecule has 0 saturated carbocycles. The van der Waals surface area contributed by atoms with Gasteiger partial charge in [-0.05, 0) is 12.1 Å². The molecular formula is C13H16ClNO5S. The molecule has 1 aromatic rings. The number of sulfone groups is 1. The number of phenolic OH excluding ortho intramolecular Hbond substituents is 1. The van der Waals surface area contributed by atoms with Crippen molar-refractivity contribution in [1.29, 1.82) is 0 Å². The van der Waals surface area contributed by atoms with Gasteiger partial charge in [-0.1, -0.05) is 17.7 Å². The van der Waals surface area contributed by atoms with Crippen LogP contribution in [0.5, 0.6) is 5.75 Å². The molecule has 21 heavy (non-hydrogen) atoms. The Kier molecular flexibility index (Phi) is 4.75. The first-order chi connectivity index (χ1) is 9.78. The zero-order chi connectivity index (χ0) is 15.6. The van der Waals surface area contributed by atoms with Crippen LogP contribution in [-0.4, -0.2) is 53.6 Å². The SMILES string of the molecule is O=C(O)CC1CS(=O)(=O)CCN1Cc1c(O)cccc1Cl. The van der Waals surface area contributed by atoms with Crippen molar-refractivity contribution in [2.45, 2.75) is 19.0 Å². The Labute approximate surface area is 127 Å². The Bertz CT molecular complexity index is 626. The van der Waals surface area contributed by atoms with Gasteiger partial charge in [-0.3, -0.25) is 9.69 Å². The first-order valence-electron chi connectivity index (χ1n) is 6.41. The van der Waals surface area contributed by atoms with Gasteiger partial charge < -0.3 is 10.2 Å². The number of nitrogens with zero attached hydrogens (tertiary/aromatic N) is 1. The lowest BCUT2D eigenvalue weighted by atomic mass is 10.1. The van der Waals surface area contributed by atoms with Gasteiger partial charge in [0, 0.05) is 29.7 Å². The zero-order valence-electron chi connectivity index (χ0n) is 11.2. The summed E-state index contributed by atoms with van der Waals surface area (Å²) in [5, 5.41) is 19.2. The zero-order valence-corrected chi connectivity index (χ0v) is 12.8. The number of carbonyl (C=O) groups is 1. The van der Waals surface area contributed by atoms with E-state index in [1.807, 2.05) is 0 Å². The number of phenols is 1. The summed E-state index contributed by atoms with van der Waals surface area (Å²) in [5.74, 6) is -1.24. The largest absolute Gasteiger partial charge is 0.508 e. The van der Waals surface area contributed by atoms with Crippen molar-refractivity contribution in [1.82, 2.24) is 4.90 Å². The van der Waals surface area contributed by atoms with Gasteiger partial charge in [0.1, 0.15) is 5.75 Å². The summed E-state index contributed by atoms with van der Waals surface area (Å²) >= 11 is 6.04. The minimum Gasteiger partial charge on any atom is -0.508 e. The van der Waals surface area contributed by atoms with Crippen LogP contribution in [0.4, 0.5) is 0 Å². The maximum Gasteiger partial charge on any atom is 0.304 e. The van der Waals surface area contributed by atoms with Gasteiger partial charge in [0.2, 0.25) is 0 Å². The van der Waals surface area contributed by atoms with Crippen molar-refractivity contribution in [2.24, 2.45) is 0 Å². The van der Waals surface area contributed by atoms with E-state index < -0.39 is 21.8 Å². The molecule has 0 radical (unpaired) electrons. The van der Waals surface area contributed by atoms with E-state index in [1.165, 1.54) is 6.07 Å². The number of hydrogen-bond acceptors (Lipinski definition) is 5. The van der Waals surface area contributed by atoms with Crippen molar-refractivity contribution in [2.75, 3.05) is 18.1 Å². The van der Waals surface area contributed by atoms with Crippen molar-refractivity contribution in [3.63, 3.8) is 0 Å². The van der Waals surface area contributed by atoms with E-state index in [1.54, 1.807) is 17.0 Å². The number of halogens is 1. The fourth-order valence-electron chi connectivity index (χ4n) is 2.43. The van der Waals surface area contributed by atoms with Crippen molar-refractivity contribution < 1.29 is 23.4 Å². The highest BCUT2D eigenvalue weighted by Gasteiger charge is 2.33. The minimum atomic E-state index is -3.22. The molecule has 1 aliphatic rings. The summed E-state index contributed by atoms with van der Waals surface area (Å²) in [6, 6.07) is 4.12. The van der Waals surface area contributed by atoms with Crippen LogP contribution in [0.3, 0.4) is 0 Å². The highest BCUT2D eigenvalue weighted by molar-refractivity contribution is 7.91. The number of hydrogen-bond donors (Lipinski definition) is 2. The number of carboxylic acid groups (broad SMARTS) is 1. The standard InChI is InChI=1S/C13H16ClNO5S/c14-11-2-1-3-12(16)10(11)7-15-4-5-21(19,20)8-9(15)6-13(17)18/h1-3,9,16H,4-8H2,(H,17,18). The third kappa shape index (κ3) is 4.09. The smallest absolute Gasteiger partial charge is 0.304 e. The predicted molar refractivity (Wildman–Crippen MR) is 78.2 cm³/mol. The molecule has 0 aromatic heterocycles. The highest BCUT2D eigenvalue weighted by Crippen LogP contribution is 2.28. The van der Waals surface area contributed by atoms with Gasteiger partial charge in [-0.25, -0.2) is 8.42 Å². The number of aliphatic carboxylic acids is 1. The number of aromatic hydroxyl groups is 1. The Hall–Kier alpha value is -1.31. The van der Waals surface area contributed by atoms with Crippen molar-refractivity contribution in [3.8, 4) is 5.75 Å². The Balaban J connectivity index is 2.22. The van der Waals surface area contributed by atoms with Crippen LogP contribution in [0.2, 0.25) is 5.02 Å². The molecule has 2 rings (SSSR count). The lowest BCUT2D eigenvalue weighted by Gasteiger charge is -2.34. The maximum absolute atomic E-state index is 11.7. The molecule has 1 fully saturated rings. The van der Waals surface area contributed by atoms with Gasteiger partial charge >= 0.3 is 5.97 Å². The van der Waals surface area contributed by atoms with Crippen LogP contribution in [0, 0.1) is 0 Å². The molecule has 6 nitrogen and oxygen atoms in total. The van der Waals surface area contributed by atoms with E-state index in [9.17, 15) is 18.3 Å². The molecule has 1 aromatic carbocycles. The molecule has 116 valence electrons. The van der Waals surface area contributed by atoms with Gasteiger partial charge in [0.05, 0.1) is 17.9 Å². The second-order valence-electron chi connectivity index (χ2n) is 5.07. The molecule has 1 saturated heterocycles. The summed E-state index contributed by atoms with van der Waals surface area (Å²) in [4.78, 5) is 12.7. The molecule has 0 spiro atoms. The first-order valence-corrected chi connectivity index (χ1v) is 8.61. The number of benzene rings is 1. The van der Waals surface area contributed by atoms with Gasteiger partial charge in [-0.2, -0.15) is 0 Å². The molecule has 8 heteroatoms. The molecule has 1 heterocycles. The van der Waals surface area contributed by atoms with E-state index in [4.69, 9.17) is 16.7 Å². The quantitative estimate of drug-likeness (QED) is 0.857. The van der Waals surface area contributed by atoms with E-state index in [0.29, 0.717) is 10.6 Å². The highest BCUT2D eigenvalue weighted by atomic mass is 35.5. The van der Waals surface area contributed by atoms with E-state index in [2.05, 4.69) is 0 Å². The second-order valence-corrected chi connectivity index (χ2v) is 7.71. The molecule has 0 bridgehead atoms. The van der Waals surface area contributed by atoms with Crippen LogP contribution in [-0.2, 0) is 21.2 Å². The fourth-order valence-corrected chi connectivity index (χ4v) is 4.25. The Morgan fingerprint density at radius 2 is 2.14 bits per heavy atom. The molecule has 0 amide bonds. The van der Waals surface area contributed by atoms with E-state index in [-0.39, 0.29) is 36.8 Å². The molecular weight excluding hydrogens is 318 g/mol. The summed E-state index contributed by atoms with van der Waals surface area (Å²) in [7, 11) is -3.22. The summed E-state index contributed by atoms with van der Waals surface area (Å²) in [6.07, 6.45) is -0.259. The normalized spacial score (nSPS) is 22.0. The molecule has 0 aliphatic carbocycles. The molecule has 1 atom stereocenters. The topological polar surface area (TPSA) is 94.9 Å². The summed E-state index contributed by atoms with van der Waals surface area (Å²) in [5.41, 5.74) is 0.480. The van der Waals surface area contributed by atoms with Crippen molar-refractivity contribution in [3.05, 3.63) is 28.8 Å². The van der Waals surface area contributed by atoms with Crippen molar-refractivity contribution >= 4 is 27.4 Å². The summed E-state index contributed by atoms with van der Waals surface area (Å²) < 4.78 is 23.4. The first kappa shape index (κ1) is 16.1. The Morgan fingerprint density at radius 3 is 2.76 bits per heavy atom. The van der Waals surface area contributed by atoms with E-state index in [0.717, 1.165) is 0 Å². The average molecular weight is 334 g/mol. The molecule has 2 N–H and O–H groups in total. The minimum absolute atomic E-state index is 0.0185. The lowest BCUT2D eigenvalue weighted by Crippen LogP contribution is -2.48. The lowest BCUT2D eigenvalue weighted by molar-refractivity contribution is -0.138. The van der Waals surface area contributed by atoms with Crippen LogP contribution in [0.15, 0.2) is 18.2 Å². The van der Waals surface area contributed by atoms with E-state index >= 15 is 0 Å². The third-order valence-electron chi connectivity index (χ3n) is 3.52. The van der Waals surface area contributed by atoms with Crippen LogP contribution in [0.25, 0.3) is 0 Å². The van der Waals surface area contributed by atoms with Gasteiger partial charge in [0.15, 0.2) is 9.84 Å².